The van der Waals surface area contributed by atoms with E-state index in [9.17, 15) is 9.59 Å². The molecule has 2 aromatic rings. The van der Waals surface area contributed by atoms with Gasteiger partial charge in [0.25, 0.3) is 5.91 Å². The minimum Gasteiger partial charge on any atom is -0.481 e. The van der Waals surface area contributed by atoms with Crippen LogP contribution >= 0.6 is 0 Å². The van der Waals surface area contributed by atoms with E-state index in [-0.39, 0.29) is 23.7 Å². The lowest BCUT2D eigenvalue weighted by molar-refractivity contribution is -0.145. The summed E-state index contributed by atoms with van der Waals surface area (Å²) in [7, 11) is 0. The number of hydrogen-bond donors (Lipinski definition) is 2. The quantitative estimate of drug-likeness (QED) is 0.868. The van der Waals surface area contributed by atoms with Crippen molar-refractivity contribution in [3.8, 4) is 5.69 Å². The summed E-state index contributed by atoms with van der Waals surface area (Å²) in [4.78, 5) is 26.7. The number of nitrogens with one attached hydrogen (secondary N) is 1. The molecule has 0 saturated heterocycles. The van der Waals surface area contributed by atoms with Gasteiger partial charge < -0.3 is 10.4 Å². The van der Waals surface area contributed by atoms with Gasteiger partial charge in [0, 0.05) is 6.04 Å². The van der Waals surface area contributed by atoms with Gasteiger partial charge in [-0.15, -0.1) is 5.10 Å². The fraction of sp³-hybridized carbons (Fsp3) is 0.286. The average molecular weight is 286 g/mol. The number of aromatic nitrogens is 3. The van der Waals surface area contributed by atoms with Crippen LogP contribution in [0.5, 0.6) is 0 Å². The number of carboxylic acids is 1. The predicted octanol–water partition coefficient (Wildman–Crippen LogP) is 0.860. The van der Waals surface area contributed by atoms with Gasteiger partial charge in [-0.1, -0.05) is 18.2 Å². The SMILES string of the molecule is O=C(NC1CC(C(=O)O)C1)c1ncn(-c2ccccc2)n1. The number of nitrogens with zero attached hydrogens (tertiary/aromatic N) is 3. The zero-order valence-electron chi connectivity index (χ0n) is 11.1. The van der Waals surface area contributed by atoms with E-state index in [4.69, 9.17) is 5.11 Å². The Kier molecular flexibility index (Phi) is 3.39. The molecular formula is C14H14N4O3. The highest BCUT2D eigenvalue weighted by Gasteiger charge is 2.35. The highest BCUT2D eigenvalue weighted by molar-refractivity contribution is 5.90. The maximum atomic E-state index is 12.0. The highest BCUT2D eigenvalue weighted by atomic mass is 16.4. The van der Waals surface area contributed by atoms with Crippen LogP contribution in [0.1, 0.15) is 23.5 Å². The van der Waals surface area contributed by atoms with Crippen LogP contribution < -0.4 is 5.32 Å². The second-order valence-electron chi connectivity index (χ2n) is 5.03. The van der Waals surface area contributed by atoms with Gasteiger partial charge in [0.05, 0.1) is 11.6 Å². The molecule has 0 radical (unpaired) electrons. The number of carbonyl (C=O) groups is 2. The van der Waals surface area contributed by atoms with Crippen molar-refractivity contribution in [3.63, 3.8) is 0 Å². The number of para-hydroxylation sites is 1. The molecule has 1 saturated carbocycles. The summed E-state index contributed by atoms with van der Waals surface area (Å²) in [5, 5.41) is 15.7. The molecule has 1 heterocycles. The lowest BCUT2D eigenvalue weighted by atomic mass is 9.80. The van der Waals surface area contributed by atoms with Gasteiger partial charge in [-0.05, 0) is 25.0 Å². The minimum atomic E-state index is -0.813. The van der Waals surface area contributed by atoms with Gasteiger partial charge in [-0.2, -0.15) is 0 Å². The Morgan fingerprint density at radius 2 is 1.95 bits per heavy atom. The number of aliphatic carboxylic acids is 1. The Morgan fingerprint density at radius 1 is 1.24 bits per heavy atom. The van der Waals surface area contributed by atoms with E-state index < -0.39 is 5.97 Å². The molecule has 1 aliphatic rings. The van der Waals surface area contributed by atoms with Gasteiger partial charge in [-0.3, -0.25) is 9.59 Å². The molecule has 3 rings (SSSR count). The van der Waals surface area contributed by atoms with Crippen molar-refractivity contribution in [1.82, 2.24) is 20.1 Å². The molecule has 108 valence electrons. The van der Waals surface area contributed by atoms with E-state index in [0.717, 1.165) is 5.69 Å². The Labute approximate surface area is 120 Å². The molecule has 0 bridgehead atoms. The van der Waals surface area contributed by atoms with E-state index in [1.807, 2.05) is 30.3 Å². The van der Waals surface area contributed by atoms with Crippen LogP contribution in [-0.4, -0.2) is 37.8 Å². The van der Waals surface area contributed by atoms with E-state index in [0.29, 0.717) is 12.8 Å². The molecule has 0 atom stereocenters. The topological polar surface area (TPSA) is 97.1 Å². The molecule has 1 fully saturated rings. The largest absolute Gasteiger partial charge is 0.481 e. The third-order valence-corrected chi connectivity index (χ3v) is 3.54. The van der Waals surface area contributed by atoms with Crippen molar-refractivity contribution < 1.29 is 14.7 Å². The van der Waals surface area contributed by atoms with Crippen LogP contribution in [-0.2, 0) is 4.79 Å². The summed E-state index contributed by atoms with van der Waals surface area (Å²) >= 11 is 0. The lowest BCUT2D eigenvalue weighted by Crippen LogP contribution is -2.46. The first-order chi connectivity index (χ1) is 10.1. The number of carbonyl (C=O) groups excluding carboxylic acids is 1. The second-order valence-corrected chi connectivity index (χ2v) is 5.03. The number of benzene rings is 1. The zero-order chi connectivity index (χ0) is 14.8. The van der Waals surface area contributed by atoms with Crippen molar-refractivity contribution in [3.05, 3.63) is 42.5 Å². The molecule has 0 aliphatic heterocycles. The van der Waals surface area contributed by atoms with Gasteiger partial charge in [0.1, 0.15) is 6.33 Å². The number of carboxylic acid groups (broad SMARTS) is 1. The van der Waals surface area contributed by atoms with Crippen LogP contribution in [0.15, 0.2) is 36.7 Å². The fourth-order valence-corrected chi connectivity index (χ4v) is 2.26. The predicted molar refractivity (Wildman–Crippen MR) is 73.0 cm³/mol. The zero-order valence-corrected chi connectivity index (χ0v) is 11.1. The van der Waals surface area contributed by atoms with E-state index >= 15 is 0 Å². The first-order valence-electron chi connectivity index (χ1n) is 6.64. The molecule has 0 spiro atoms. The smallest absolute Gasteiger partial charge is 0.306 e. The Balaban J connectivity index is 1.62. The monoisotopic (exact) mass is 286 g/mol. The van der Waals surface area contributed by atoms with Crippen LogP contribution in [0.3, 0.4) is 0 Å². The first kappa shape index (κ1) is 13.3. The van der Waals surface area contributed by atoms with E-state index in [1.165, 1.54) is 11.0 Å². The van der Waals surface area contributed by atoms with E-state index in [2.05, 4.69) is 15.4 Å². The minimum absolute atomic E-state index is 0.0811. The van der Waals surface area contributed by atoms with Crippen LogP contribution in [0.2, 0.25) is 0 Å². The van der Waals surface area contributed by atoms with Crippen molar-refractivity contribution in [2.45, 2.75) is 18.9 Å². The Hall–Kier alpha value is -2.70. The molecule has 21 heavy (non-hydrogen) atoms. The standard InChI is InChI=1S/C14H14N4O3/c19-13(16-10-6-9(7-10)14(20)21)12-15-8-18(17-12)11-4-2-1-3-5-11/h1-5,8-10H,6-7H2,(H,16,19)(H,20,21). The molecule has 7 nitrogen and oxygen atoms in total. The van der Waals surface area contributed by atoms with Crippen LogP contribution in [0, 0.1) is 5.92 Å². The molecule has 7 heteroatoms. The summed E-state index contributed by atoms with van der Waals surface area (Å²) in [6.45, 7) is 0. The molecule has 2 N–H and O–H groups in total. The normalized spacial score (nSPS) is 20.6. The third kappa shape index (κ3) is 2.76. The molecule has 1 amide bonds. The Morgan fingerprint density at radius 3 is 2.62 bits per heavy atom. The van der Waals surface area contributed by atoms with Gasteiger partial charge in [0.2, 0.25) is 5.82 Å². The van der Waals surface area contributed by atoms with Crippen molar-refractivity contribution in [2.75, 3.05) is 0 Å². The second kappa shape index (κ2) is 5.35. The highest BCUT2D eigenvalue weighted by Crippen LogP contribution is 2.27. The molecule has 1 aromatic carbocycles. The van der Waals surface area contributed by atoms with Crippen LogP contribution in [0.25, 0.3) is 5.69 Å². The molecule has 0 unspecified atom stereocenters. The Bertz CT molecular complexity index is 662. The summed E-state index contributed by atoms with van der Waals surface area (Å²) in [6.07, 6.45) is 2.39. The van der Waals surface area contributed by atoms with Gasteiger partial charge in [-0.25, -0.2) is 9.67 Å². The van der Waals surface area contributed by atoms with Crippen molar-refractivity contribution in [1.29, 1.82) is 0 Å². The summed E-state index contributed by atoms with van der Waals surface area (Å²) in [6, 6.07) is 9.25. The number of hydrogen-bond acceptors (Lipinski definition) is 4. The molecule has 1 aromatic heterocycles. The summed E-state index contributed by atoms with van der Waals surface area (Å²) in [5.74, 6) is -1.46. The molecule has 1 aliphatic carbocycles. The molecular weight excluding hydrogens is 272 g/mol. The maximum Gasteiger partial charge on any atom is 0.306 e. The van der Waals surface area contributed by atoms with Crippen LogP contribution in [0.4, 0.5) is 0 Å². The van der Waals surface area contributed by atoms with Crippen molar-refractivity contribution in [2.24, 2.45) is 5.92 Å². The number of amides is 1. The van der Waals surface area contributed by atoms with Crippen molar-refractivity contribution >= 4 is 11.9 Å². The van der Waals surface area contributed by atoms with Gasteiger partial charge in [0.15, 0.2) is 0 Å². The summed E-state index contributed by atoms with van der Waals surface area (Å²) in [5.41, 5.74) is 0.818. The fourth-order valence-electron chi connectivity index (χ4n) is 2.26. The number of rotatable bonds is 4. The maximum absolute atomic E-state index is 12.0. The summed E-state index contributed by atoms with van der Waals surface area (Å²) < 4.78 is 1.52. The lowest BCUT2D eigenvalue weighted by Gasteiger charge is -2.32. The van der Waals surface area contributed by atoms with Gasteiger partial charge >= 0.3 is 5.97 Å². The average Bonchev–Trinajstić information content (AvgIpc) is 2.92. The first-order valence-corrected chi connectivity index (χ1v) is 6.64. The third-order valence-electron chi connectivity index (χ3n) is 3.54. The van der Waals surface area contributed by atoms with E-state index in [1.54, 1.807) is 0 Å².